The van der Waals surface area contributed by atoms with Gasteiger partial charge in [0, 0.05) is 18.7 Å². The number of methoxy groups -OCH3 is 2. The smallest absolute Gasteiger partial charge is 0.166 e. The highest BCUT2D eigenvalue weighted by molar-refractivity contribution is 5.47. The number of hydrogen-bond donors (Lipinski definition) is 0. The molecule has 0 heterocycles. The van der Waals surface area contributed by atoms with E-state index < -0.39 is 0 Å². The molecule has 0 aromatic heterocycles. The summed E-state index contributed by atoms with van der Waals surface area (Å²) in [5, 5.41) is 0. The first kappa shape index (κ1) is 22.3. The fourth-order valence-corrected chi connectivity index (χ4v) is 3.51. The minimum absolute atomic E-state index is 0.477. The van der Waals surface area contributed by atoms with Crippen molar-refractivity contribution in [1.82, 2.24) is 4.90 Å². The lowest BCUT2D eigenvalue weighted by molar-refractivity contribution is 0.263. The third-order valence-electron chi connectivity index (χ3n) is 5.11. The largest absolute Gasteiger partial charge is 0.496 e. The van der Waals surface area contributed by atoms with Gasteiger partial charge in [0.1, 0.15) is 12.4 Å². The minimum Gasteiger partial charge on any atom is -0.496 e. The average molecular weight is 416 g/mol. The molecule has 0 aliphatic carbocycles. The number of hydrogen-bond acceptors (Lipinski definition) is 4. The maximum absolute atomic E-state index is 6.20. The van der Waals surface area contributed by atoms with Gasteiger partial charge in [0.2, 0.25) is 0 Å². The molecular weight excluding hydrogens is 386 g/mol. The van der Waals surface area contributed by atoms with Crippen LogP contribution in [-0.2, 0) is 19.6 Å². The van der Waals surface area contributed by atoms with Crippen molar-refractivity contribution in [2.45, 2.75) is 19.6 Å². The lowest BCUT2D eigenvalue weighted by Gasteiger charge is -2.23. The van der Waals surface area contributed by atoms with Gasteiger partial charge in [-0.3, -0.25) is 4.90 Å². The van der Waals surface area contributed by atoms with Gasteiger partial charge in [0.05, 0.1) is 20.8 Å². The van der Waals surface area contributed by atoms with Crippen LogP contribution in [0.15, 0.2) is 72.8 Å². The second-order valence-electron chi connectivity index (χ2n) is 7.20. The predicted molar refractivity (Wildman–Crippen MR) is 125 cm³/mol. The monoisotopic (exact) mass is 415 g/mol. The molecule has 0 spiro atoms. The highest BCUT2D eigenvalue weighted by Crippen LogP contribution is 2.33. The van der Waals surface area contributed by atoms with Gasteiger partial charge in [-0.2, -0.15) is 0 Å². The molecule has 0 radical (unpaired) electrons. The maximum atomic E-state index is 6.20. The summed E-state index contributed by atoms with van der Waals surface area (Å²) in [6, 6.07) is 24.2. The Morgan fingerprint density at radius 2 is 1.48 bits per heavy atom. The van der Waals surface area contributed by atoms with Crippen LogP contribution in [0, 0.1) is 12.3 Å². The highest BCUT2D eigenvalue weighted by Gasteiger charge is 2.15. The third kappa shape index (κ3) is 6.28. The van der Waals surface area contributed by atoms with Crippen LogP contribution in [0.2, 0.25) is 0 Å². The number of terminal acetylenes is 1. The zero-order valence-corrected chi connectivity index (χ0v) is 18.2. The molecule has 3 rings (SSSR count). The van der Waals surface area contributed by atoms with Crippen LogP contribution in [-0.4, -0.2) is 32.2 Å². The van der Waals surface area contributed by atoms with Crippen molar-refractivity contribution in [3.05, 3.63) is 89.5 Å². The molecule has 0 saturated heterocycles. The quantitative estimate of drug-likeness (QED) is 0.414. The van der Waals surface area contributed by atoms with Gasteiger partial charge in [0.25, 0.3) is 0 Å². The van der Waals surface area contributed by atoms with E-state index in [1.807, 2.05) is 60.7 Å². The van der Waals surface area contributed by atoms with E-state index in [1.165, 1.54) is 5.56 Å². The molecule has 0 amide bonds. The van der Waals surface area contributed by atoms with Crippen molar-refractivity contribution in [1.29, 1.82) is 0 Å². The summed E-state index contributed by atoms with van der Waals surface area (Å²) in [7, 11) is 3.36. The molecule has 4 heteroatoms. The van der Waals surface area contributed by atoms with Gasteiger partial charge in [0.15, 0.2) is 11.5 Å². The van der Waals surface area contributed by atoms with Crippen molar-refractivity contribution >= 4 is 0 Å². The average Bonchev–Trinajstić information content (AvgIpc) is 2.82. The lowest BCUT2D eigenvalue weighted by atomic mass is 10.1. The van der Waals surface area contributed by atoms with E-state index in [1.54, 1.807) is 14.2 Å². The van der Waals surface area contributed by atoms with E-state index in [4.69, 9.17) is 20.6 Å². The molecular formula is C27H29NO3. The van der Waals surface area contributed by atoms with Crippen LogP contribution in [0.5, 0.6) is 17.2 Å². The summed E-state index contributed by atoms with van der Waals surface area (Å²) >= 11 is 0. The van der Waals surface area contributed by atoms with E-state index in [0.717, 1.165) is 41.3 Å². The molecule has 3 aromatic carbocycles. The Morgan fingerprint density at radius 3 is 2.23 bits per heavy atom. The Morgan fingerprint density at radius 1 is 0.806 bits per heavy atom. The number of rotatable bonds is 11. The molecule has 0 unspecified atom stereocenters. The van der Waals surface area contributed by atoms with E-state index in [-0.39, 0.29) is 0 Å². The van der Waals surface area contributed by atoms with E-state index >= 15 is 0 Å². The SMILES string of the molecule is C#CCN(CCc1ccccc1OC)Cc1cccc(OC)c1OCc1ccccc1. The number of ether oxygens (including phenoxy) is 3. The lowest BCUT2D eigenvalue weighted by Crippen LogP contribution is -2.26. The van der Waals surface area contributed by atoms with E-state index in [9.17, 15) is 0 Å². The fourth-order valence-electron chi connectivity index (χ4n) is 3.51. The zero-order chi connectivity index (χ0) is 21.9. The second-order valence-corrected chi connectivity index (χ2v) is 7.20. The van der Waals surface area contributed by atoms with Crippen molar-refractivity contribution in [3.63, 3.8) is 0 Å². The van der Waals surface area contributed by atoms with Crippen LogP contribution in [0.4, 0.5) is 0 Å². The number of nitrogens with zero attached hydrogens (tertiary/aromatic N) is 1. The molecule has 0 atom stereocenters. The third-order valence-corrected chi connectivity index (χ3v) is 5.11. The first-order valence-corrected chi connectivity index (χ1v) is 10.4. The van der Waals surface area contributed by atoms with Crippen LogP contribution < -0.4 is 14.2 Å². The van der Waals surface area contributed by atoms with Crippen molar-refractivity contribution in [2.75, 3.05) is 27.3 Å². The normalized spacial score (nSPS) is 10.5. The summed E-state index contributed by atoms with van der Waals surface area (Å²) in [5.41, 5.74) is 3.32. The van der Waals surface area contributed by atoms with Crippen LogP contribution in [0.3, 0.4) is 0 Å². The Hall–Kier alpha value is -3.42. The van der Waals surface area contributed by atoms with Gasteiger partial charge >= 0.3 is 0 Å². The van der Waals surface area contributed by atoms with Crippen LogP contribution in [0.1, 0.15) is 16.7 Å². The molecule has 31 heavy (non-hydrogen) atoms. The van der Waals surface area contributed by atoms with Crippen molar-refractivity contribution in [3.8, 4) is 29.6 Å². The van der Waals surface area contributed by atoms with Gasteiger partial charge in [-0.25, -0.2) is 0 Å². The zero-order valence-electron chi connectivity index (χ0n) is 18.2. The van der Waals surface area contributed by atoms with Gasteiger partial charge in [-0.1, -0.05) is 66.6 Å². The first-order valence-electron chi connectivity index (χ1n) is 10.4. The minimum atomic E-state index is 0.477. The highest BCUT2D eigenvalue weighted by atomic mass is 16.5. The maximum Gasteiger partial charge on any atom is 0.166 e. The molecule has 0 aliphatic heterocycles. The fraction of sp³-hybridized carbons (Fsp3) is 0.259. The van der Waals surface area contributed by atoms with Crippen molar-refractivity contribution < 1.29 is 14.2 Å². The summed E-state index contributed by atoms with van der Waals surface area (Å²) < 4.78 is 17.3. The molecule has 0 fully saturated rings. The number of benzene rings is 3. The van der Waals surface area contributed by atoms with E-state index in [2.05, 4.69) is 23.0 Å². The molecule has 3 aromatic rings. The summed E-state index contributed by atoms with van der Waals surface area (Å²) in [4.78, 5) is 2.23. The Labute approximate surface area is 185 Å². The van der Waals surface area contributed by atoms with Gasteiger partial charge in [-0.05, 0) is 29.7 Å². The molecule has 0 N–H and O–H groups in total. The molecule has 0 bridgehead atoms. The standard InChI is InChI=1S/C27H29NO3/c1-4-18-28(19-17-23-13-8-9-15-25(23)29-2)20-24-14-10-16-26(30-3)27(24)31-21-22-11-6-5-7-12-22/h1,5-16H,17-21H2,2-3H3. The summed E-state index contributed by atoms with van der Waals surface area (Å²) in [6.45, 7) is 2.50. The van der Waals surface area contributed by atoms with Gasteiger partial charge in [-0.15, -0.1) is 6.42 Å². The topological polar surface area (TPSA) is 30.9 Å². The second kappa shape index (κ2) is 11.7. The molecule has 0 saturated carbocycles. The van der Waals surface area contributed by atoms with E-state index in [0.29, 0.717) is 19.7 Å². The molecule has 4 nitrogen and oxygen atoms in total. The Balaban J connectivity index is 1.75. The van der Waals surface area contributed by atoms with Crippen LogP contribution >= 0.6 is 0 Å². The molecule has 160 valence electrons. The first-order chi connectivity index (χ1) is 15.2. The molecule has 0 aliphatic rings. The van der Waals surface area contributed by atoms with Crippen LogP contribution in [0.25, 0.3) is 0 Å². The van der Waals surface area contributed by atoms with Gasteiger partial charge < -0.3 is 14.2 Å². The number of para-hydroxylation sites is 2. The predicted octanol–water partition coefficient (Wildman–Crippen LogP) is 4.96. The summed E-state index contributed by atoms with van der Waals surface area (Å²) in [6.07, 6.45) is 6.51. The van der Waals surface area contributed by atoms with Crippen molar-refractivity contribution in [2.24, 2.45) is 0 Å². The summed E-state index contributed by atoms with van der Waals surface area (Å²) in [5.74, 6) is 5.16. The Bertz CT molecular complexity index is 995. The Kier molecular flexibility index (Phi) is 8.39.